The number of amides is 1. The van der Waals surface area contributed by atoms with E-state index in [1.165, 1.54) is 50.5 Å². The van der Waals surface area contributed by atoms with Crippen LogP contribution in [0.1, 0.15) is 10.4 Å². The maximum atomic E-state index is 12.1. The quantitative estimate of drug-likeness (QED) is 0.400. The SMILES string of the molecule is CN(C)S(=O)(=O)c1ccc(C(=O)NCCNc2ccc([N+](=O)[O-])cc2)cc1. The van der Waals surface area contributed by atoms with E-state index in [1.807, 2.05) is 0 Å². The molecule has 0 aromatic heterocycles. The van der Waals surface area contributed by atoms with Gasteiger partial charge in [0.1, 0.15) is 0 Å². The highest BCUT2D eigenvalue weighted by atomic mass is 32.2. The van der Waals surface area contributed by atoms with E-state index in [2.05, 4.69) is 10.6 Å². The molecule has 2 N–H and O–H groups in total. The Morgan fingerprint density at radius 2 is 1.63 bits per heavy atom. The van der Waals surface area contributed by atoms with Gasteiger partial charge in [-0.05, 0) is 36.4 Å². The number of nitro benzene ring substituents is 1. The summed E-state index contributed by atoms with van der Waals surface area (Å²) in [6, 6.07) is 11.6. The van der Waals surface area contributed by atoms with E-state index in [0.717, 1.165) is 4.31 Å². The standard InChI is InChI=1S/C17H20N4O5S/c1-20(2)27(25,26)16-9-3-13(4-10-16)17(22)19-12-11-18-14-5-7-15(8-6-14)21(23)24/h3-10,18H,11-12H2,1-2H3,(H,19,22). The summed E-state index contributed by atoms with van der Waals surface area (Å²) in [5.41, 5.74) is 1.06. The normalized spacial score (nSPS) is 11.2. The van der Waals surface area contributed by atoms with E-state index < -0.39 is 14.9 Å². The molecule has 0 atom stereocenters. The van der Waals surface area contributed by atoms with Crippen molar-refractivity contribution in [2.75, 3.05) is 32.5 Å². The van der Waals surface area contributed by atoms with Crippen LogP contribution in [0.25, 0.3) is 0 Å². The molecule has 2 aromatic carbocycles. The van der Waals surface area contributed by atoms with Crippen LogP contribution in [0.3, 0.4) is 0 Å². The Balaban J connectivity index is 1.84. The molecular weight excluding hydrogens is 372 g/mol. The van der Waals surface area contributed by atoms with Crippen LogP contribution < -0.4 is 10.6 Å². The van der Waals surface area contributed by atoms with Crippen LogP contribution in [0.5, 0.6) is 0 Å². The zero-order valence-electron chi connectivity index (χ0n) is 14.9. The topological polar surface area (TPSA) is 122 Å². The average molecular weight is 392 g/mol. The third kappa shape index (κ3) is 5.25. The van der Waals surface area contributed by atoms with E-state index >= 15 is 0 Å². The molecule has 10 heteroatoms. The smallest absolute Gasteiger partial charge is 0.269 e. The second-order valence-corrected chi connectivity index (χ2v) is 7.95. The number of nitro groups is 1. The van der Waals surface area contributed by atoms with Gasteiger partial charge in [0.05, 0.1) is 9.82 Å². The Bertz CT molecular complexity index is 909. The molecule has 1 amide bonds. The van der Waals surface area contributed by atoms with Gasteiger partial charge in [-0.2, -0.15) is 0 Å². The fraction of sp³-hybridized carbons (Fsp3) is 0.235. The van der Waals surface area contributed by atoms with Gasteiger partial charge >= 0.3 is 0 Å². The zero-order valence-corrected chi connectivity index (χ0v) is 15.7. The molecule has 0 fully saturated rings. The van der Waals surface area contributed by atoms with Crippen molar-refractivity contribution in [1.29, 1.82) is 0 Å². The van der Waals surface area contributed by atoms with Gasteiger partial charge in [-0.3, -0.25) is 14.9 Å². The summed E-state index contributed by atoms with van der Waals surface area (Å²) >= 11 is 0. The first-order valence-corrected chi connectivity index (χ1v) is 9.45. The lowest BCUT2D eigenvalue weighted by atomic mass is 10.2. The lowest BCUT2D eigenvalue weighted by Crippen LogP contribution is -2.28. The molecule has 144 valence electrons. The van der Waals surface area contributed by atoms with Crippen molar-refractivity contribution in [1.82, 2.24) is 9.62 Å². The van der Waals surface area contributed by atoms with Crippen LogP contribution in [0.4, 0.5) is 11.4 Å². The number of nitrogens with one attached hydrogen (secondary N) is 2. The molecule has 0 aliphatic carbocycles. The van der Waals surface area contributed by atoms with Crippen molar-refractivity contribution in [3.05, 3.63) is 64.2 Å². The van der Waals surface area contributed by atoms with E-state index in [4.69, 9.17) is 0 Å². The molecule has 9 nitrogen and oxygen atoms in total. The monoisotopic (exact) mass is 392 g/mol. The van der Waals surface area contributed by atoms with Gasteiger partial charge in [-0.25, -0.2) is 12.7 Å². The second-order valence-electron chi connectivity index (χ2n) is 5.80. The first kappa shape index (κ1) is 20.3. The summed E-state index contributed by atoms with van der Waals surface area (Å²) in [7, 11) is -0.653. The van der Waals surface area contributed by atoms with Crippen LogP contribution in [-0.2, 0) is 10.0 Å². The number of non-ortho nitro benzene ring substituents is 1. The molecule has 0 spiro atoms. The van der Waals surface area contributed by atoms with Crippen molar-refractivity contribution < 1.29 is 18.1 Å². The van der Waals surface area contributed by atoms with E-state index in [9.17, 15) is 23.3 Å². The molecule has 2 rings (SSSR count). The number of benzene rings is 2. The highest BCUT2D eigenvalue weighted by molar-refractivity contribution is 7.89. The first-order valence-electron chi connectivity index (χ1n) is 8.01. The van der Waals surface area contributed by atoms with Crippen molar-refractivity contribution in [2.45, 2.75) is 4.90 Å². The molecule has 0 aliphatic rings. The number of hydrogen-bond acceptors (Lipinski definition) is 6. The predicted molar refractivity (Wildman–Crippen MR) is 101 cm³/mol. The molecule has 0 bridgehead atoms. The number of sulfonamides is 1. The fourth-order valence-electron chi connectivity index (χ4n) is 2.18. The maximum absolute atomic E-state index is 12.1. The highest BCUT2D eigenvalue weighted by Crippen LogP contribution is 2.15. The summed E-state index contributed by atoms with van der Waals surface area (Å²) in [5, 5.41) is 16.3. The molecule has 2 aromatic rings. The summed E-state index contributed by atoms with van der Waals surface area (Å²) in [5.74, 6) is -0.325. The minimum absolute atomic E-state index is 0.00795. The molecule has 0 aliphatic heterocycles. The minimum Gasteiger partial charge on any atom is -0.383 e. The van der Waals surface area contributed by atoms with E-state index in [0.29, 0.717) is 24.3 Å². The predicted octanol–water partition coefficient (Wildman–Crippen LogP) is 1.69. The minimum atomic E-state index is -3.53. The fourth-order valence-corrected chi connectivity index (χ4v) is 3.08. The van der Waals surface area contributed by atoms with Gasteiger partial charge in [0, 0.05) is 50.6 Å². The number of nitrogens with zero attached hydrogens (tertiary/aromatic N) is 2. The van der Waals surface area contributed by atoms with Crippen molar-refractivity contribution in [3.63, 3.8) is 0 Å². The molecule has 0 saturated carbocycles. The van der Waals surface area contributed by atoms with E-state index in [1.54, 1.807) is 12.1 Å². The number of rotatable bonds is 8. The van der Waals surface area contributed by atoms with Gasteiger partial charge in [0.15, 0.2) is 0 Å². The molecule has 0 heterocycles. The van der Waals surface area contributed by atoms with Crippen LogP contribution in [0, 0.1) is 10.1 Å². The molecule has 0 radical (unpaired) electrons. The first-order chi connectivity index (χ1) is 12.7. The van der Waals surface area contributed by atoms with Gasteiger partial charge in [0.25, 0.3) is 11.6 Å². The third-order valence-corrected chi connectivity index (χ3v) is 5.54. The number of anilines is 1. The van der Waals surface area contributed by atoms with Crippen molar-refractivity contribution in [3.8, 4) is 0 Å². The van der Waals surface area contributed by atoms with Gasteiger partial charge in [-0.1, -0.05) is 0 Å². The molecule has 0 unspecified atom stereocenters. The van der Waals surface area contributed by atoms with Crippen LogP contribution >= 0.6 is 0 Å². The average Bonchev–Trinajstić information content (AvgIpc) is 2.65. The van der Waals surface area contributed by atoms with Crippen molar-refractivity contribution >= 4 is 27.3 Å². The van der Waals surface area contributed by atoms with Crippen molar-refractivity contribution in [2.24, 2.45) is 0 Å². The van der Waals surface area contributed by atoms with Crippen LogP contribution in [-0.4, -0.2) is 50.7 Å². The maximum Gasteiger partial charge on any atom is 0.269 e. The third-order valence-electron chi connectivity index (χ3n) is 3.71. The number of carbonyl (C=O) groups excluding carboxylic acids is 1. The Morgan fingerprint density at radius 1 is 1.04 bits per heavy atom. The highest BCUT2D eigenvalue weighted by Gasteiger charge is 2.17. The molecule has 27 heavy (non-hydrogen) atoms. The number of hydrogen-bond donors (Lipinski definition) is 2. The van der Waals surface area contributed by atoms with E-state index in [-0.39, 0.29) is 16.5 Å². The Morgan fingerprint density at radius 3 is 2.15 bits per heavy atom. The molecule has 0 saturated heterocycles. The summed E-state index contributed by atoms with van der Waals surface area (Å²) in [4.78, 5) is 22.3. The number of carbonyl (C=O) groups is 1. The second kappa shape index (κ2) is 8.60. The Labute approximate surface area is 157 Å². The van der Waals surface area contributed by atoms with Crippen LogP contribution in [0.2, 0.25) is 0 Å². The Kier molecular flexibility index (Phi) is 6.48. The summed E-state index contributed by atoms with van der Waals surface area (Å²) in [6.07, 6.45) is 0. The Hall–Kier alpha value is -2.98. The lowest BCUT2D eigenvalue weighted by Gasteiger charge is -2.12. The molecular formula is C17H20N4O5S. The van der Waals surface area contributed by atoms with Gasteiger partial charge in [-0.15, -0.1) is 0 Å². The van der Waals surface area contributed by atoms with Crippen LogP contribution in [0.15, 0.2) is 53.4 Å². The summed E-state index contributed by atoms with van der Waals surface area (Å²) in [6.45, 7) is 0.754. The van der Waals surface area contributed by atoms with Gasteiger partial charge < -0.3 is 10.6 Å². The van der Waals surface area contributed by atoms with Gasteiger partial charge in [0.2, 0.25) is 10.0 Å². The largest absolute Gasteiger partial charge is 0.383 e. The lowest BCUT2D eigenvalue weighted by molar-refractivity contribution is -0.384. The summed E-state index contributed by atoms with van der Waals surface area (Å²) < 4.78 is 25.1. The zero-order chi connectivity index (χ0) is 20.0.